The second kappa shape index (κ2) is 8.20. The van der Waals surface area contributed by atoms with Crippen molar-refractivity contribution in [3.63, 3.8) is 0 Å². The molecule has 0 amide bonds. The first kappa shape index (κ1) is 23.9. The van der Waals surface area contributed by atoms with Gasteiger partial charge in [-0.2, -0.15) is 4.72 Å². The van der Waals surface area contributed by atoms with Crippen molar-refractivity contribution in [3.05, 3.63) is 76.9 Å². The molecule has 4 rings (SSSR count). The van der Waals surface area contributed by atoms with Crippen LogP contribution in [0.4, 0.5) is 0 Å². The molecular weight excluding hydrogens is 434 g/mol. The van der Waals surface area contributed by atoms with E-state index >= 15 is 0 Å². The summed E-state index contributed by atoms with van der Waals surface area (Å²) in [5, 5.41) is 2.11. The maximum atomic E-state index is 13.7. The summed E-state index contributed by atoms with van der Waals surface area (Å²) < 4.78 is 42.9. The molecule has 0 radical (unpaired) electrons. The molecule has 0 bridgehead atoms. The molecule has 5 nitrogen and oxygen atoms in total. The summed E-state index contributed by atoms with van der Waals surface area (Å²) in [6, 6.07) is 17.0. The lowest BCUT2D eigenvalue weighted by molar-refractivity contribution is -0.105. The molecule has 3 aromatic rings. The fraction of sp³-hybridized carbons (Fsp3) is 0.407. The molecule has 0 unspecified atom stereocenters. The van der Waals surface area contributed by atoms with Crippen molar-refractivity contribution in [2.45, 2.75) is 76.9 Å². The predicted molar refractivity (Wildman–Crippen MR) is 132 cm³/mol. The number of rotatable bonds is 5. The van der Waals surface area contributed by atoms with Crippen LogP contribution in [0.1, 0.15) is 56.0 Å². The summed E-state index contributed by atoms with van der Waals surface area (Å²) in [5.41, 5.74) is 2.07. The molecule has 0 spiro atoms. The number of fused-ring (bicyclic) bond motifs is 1. The van der Waals surface area contributed by atoms with E-state index in [0.29, 0.717) is 16.0 Å². The number of hydrogen-bond acceptors (Lipinski definition) is 4. The highest BCUT2D eigenvalue weighted by atomic mass is 32.2. The summed E-state index contributed by atoms with van der Waals surface area (Å²) in [5.74, 6) is 0. The average Bonchev–Trinajstić information content (AvgIpc) is 2.91. The predicted octanol–water partition coefficient (Wildman–Crippen LogP) is 5.71. The van der Waals surface area contributed by atoms with Gasteiger partial charge < -0.3 is 9.47 Å². The van der Waals surface area contributed by atoms with Gasteiger partial charge in [-0.1, -0.05) is 54.1 Å². The van der Waals surface area contributed by atoms with Gasteiger partial charge in [0.2, 0.25) is 10.0 Å². The Morgan fingerprint density at radius 2 is 1.36 bits per heavy atom. The summed E-state index contributed by atoms with van der Waals surface area (Å²) >= 11 is 0. The first-order chi connectivity index (χ1) is 15.3. The SMILES string of the molecule is Cc1cc(C)c(S(=O)(=O)N[C@H](c2ccc3ccccc3c2)C2OC(C)(C)C(C)(C)O2)c(C)c1. The van der Waals surface area contributed by atoms with Crippen LogP contribution in [0, 0.1) is 20.8 Å². The third kappa shape index (κ3) is 4.45. The highest BCUT2D eigenvalue weighted by molar-refractivity contribution is 7.89. The third-order valence-electron chi connectivity index (χ3n) is 6.83. The Bertz CT molecular complexity index is 1270. The van der Waals surface area contributed by atoms with Crippen molar-refractivity contribution >= 4 is 20.8 Å². The number of ether oxygens (including phenoxy) is 2. The highest BCUT2D eigenvalue weighted by Gasteiger charge is 2.52. The zero-order valence-corrected chi connectivity index (χ0v) is 21.2. The van der Waals surface area contributed by atoms with Gasteiger partial charge in [-0.05, 0) is 82.0 Å². The van der Waals surface area contributed by atoms with Crippen molar-refractivity contribution in [2.24, 2.45) is 0 Å². The van der Waals surface area contributed by atoms with Gasteiger partial charge in [-0.15, -0.1) is 0 Å². The van der Waals surface area contributed by atoms with Gasteiger partial charge >= 0.3 is 0 Å². The number of aryl methyl sites for hydroxylation is 3. The molecule has 176 valence electrons. The largest absolute Gasteiger partial charge is 0.342 e. The van der Waals surface area contributed by atoms with Gasteiger partial charge in [0, 0.05) is 0 Å². The van der Waals surface area contributed by atoms with Crippen LogP contribution in [0.25, 0.3) is 10.8 Å². The maximum absolute atomic E-state index is 13.7. The van der Waals surface area contributed by atoms with E-state index in [-0.39, 0.29) is 0 Å². The monoisotopic (exact) mass is 467 g/mol. The molecule has 1 aliphatic heterocycles. The van der Waals surface area contributed by atoms with E-state index in [1.165, 1.54) is 0 Å². The summed E-state index contributed by atoms with van der Waals surface area (Å²) in [7, 11) is -3.86. The third-order valence-corrected chi connectivity index (χ3v) is 8.58. The molecule has 6 heteroatoms. The molecule has 0 saturated carbocycles. The molecular formula is C27H33NO4S. The minimum atomic E-state index is -3.86. The van der Waals surface area contributed by atoms with Crippen LogP contribution in [0.15, 0.2) is 59.5 Å². The van der Waals surface area contributed by atoms with E-state index in [1.54, 1.807) is 0 Å². The summed E-state index contributed by atoms with van der Waals surface area (Å²) in [6.07, 6.45) is -0.781. The normalized spacial score (nSPS) is 19.1. The van der Waals surface area contributed by atoms with Crippen molar-refractivity contribution < 1.29 is 17.9 Å². The van der Waals surface area contributed by atoms with Crippen LogP contribution < -0.4 is 4.72 Å². The van der Waals surface area contributed by atoms with Crippen LogP contribution in [0.2, 0.25) is 0 Å². The quantitative estimate of drug-likeness (QED) is 0.522. The summed E-state index contributed by atoms with van der Waals surface area (Å²) in [4.78, 5) is 0.301. The van der Waals surface area contributed by atoms with Gasteiger partial charge in [-0.3, -0.25) is 0 Å². The van der Waals surface area contributed by atoms with E-state index in [9.17, 15) is 8.42 Å². The molecule has 0 aromatic heterocycles. The zero-order chi connectivity index (χ0) is 24.2. The Morgan fingerprint density at radius 1 is 0.818 bits per heavy atom. The van der Waals surface area contributed by atoms with E-state index in [4.69, 9.17) is 9.47 Å². The Balaban J connectivity index is 1.81. The second-order valence-corrected chi connectivity index (χ2v) is 11.7. The average molecular weight is 468 g/mol. The number of benzene rings is 3. The first-order valence-electron chi connectivity index (χ1n) is 11.3. The molecule has 1 heterocycles. The molecule has 1 N–H and O–H groups in total. The molecule has 1 aliphatic rings. The fourth-order valence-corrected chi connectivity index (χ4v) is 6.19. The molecule has 3 aromatic carbocycles. The van der Waals surface area contributed by atoms with Crippen LogP contribution in [0.5, 0.6) is 0 Å². The molecule has 1 atom stereocenters. The summed E-state index contributed by atoms with van der Waals surface area (Å²) in [6.45, 7) is 13.5. The highest BCUT2D eigenvalue weighted by Crippen LogP contribution is 2.43. The van der Waals surface area contributed by atoms with Gasteiger partial charge in [0.25, 0.3) is 0 Å². The Labute approximate surface area is 197 Å². The van der Waals surface area contributed by atoms with Gasteiger partial charge in [0.05, 0.1) is 22.1 Å². The van der Waals surface area contributed by atoms with Gasteiger partial charge in [0.1, 0.15) is 0 Å². The Kier molecular flexibility index (Phi) is 5.94. The lowest BCUT2D eigenvalue weighted by Gasteiger charge is -2.30. The van der Waals surface area contributed by atoms with Crippen molar-refractivity contribution in [2.75, 3.05) is 0 Å². The zero-order valence-electron chi connectivity index (χ0n) is 20.4. The van der Waals surface area contributed by atoms with Crippen molar-refractivity contribution in [1.29, 1.82) is 0 Å². The topological polar surface area (TPSA) is 64.6 Å². The second-order valence-electron chi connectivity index (χ2n) is 10.1. The van der Waals surface area contributed by atoms with E-state index in [0.717, 1.165) is 21.9 Å². The Hall–Kier alpha value is -2.25. The van der Waals surface area contributed by atoms with E-state index in [2.05, 4.69) is 4.72 Å². The Morgan fingerprint density at radius 3 is 1.94 bits per heavy atom. The standard InChI is InChI=1S/C27H33NO4S/c1-17-14-18(2)24(19(3)15-17)33(29,30)28-23(25-31-26(4,5)27(6,7)32-25)22-13-12-20-10-8-9-11-21(20)16-22/h8-16,23,25,28H,1-7H3/t23-/m1/s1. The van der Waals surface area contributed by atoms with Gasteiger partial charge in [-0.25, -0.2) is 8.42 Å². The van der Waals surface area contributed by atoms with Crippen molar-refractivity contribution in [1.82, 2.24) is 4.72 Å². The lowest BCUT2D eigenvalue weighted by Crippen LogP contribution is -2.41. The van der Waals surface area contributed by atoms with E-state index < -0.39 is 33.6 Å². The van der Waals surface area contributed by atoms with E-state index in [1.807, 2.05) is 103 Å². The maximum Gasteiger partial charge on any atom is 0.241 e. The van der Waals surface area contributed by atoms with Gasteiger partial charge in [0.15, 0.2) is 6.29 Å². The van der Waals surface area contributed by atoms with Crippen LogP contribution in [-0.2, 0) is 19.5 Å². The van der Waals surface area contributed by atoms with Crippen LogP contribution in [-0.4, -0.2) is 25.9 Å². The smallest absolute Gasteiger partial charge is 0.241 e. The fourth-order valence-electron chi connectivity index (χ4n) is 4.52. The van der Waals surface area contributed by atoms with Crippen LogP contribution in [0.3, 0.4) is 0 Å². The number of nitrogens with one attached hydrogen (secondary N) is 1. The molecule has 1 fully saturated rings. The van der Waals surface area contributed by atoms with Crippen molar-refractivity contribution in [3.8, 4) is 0 Å². The first-order valence-corrected chi connectivity index (χ1v) is 12.7. The minimum absolute atomic E-state index is 0.301. The van der Waals surface area contributed by atoms with Crippen LogP contribution >= 0.6 is 0 Å². The molecule has 0 aliphatic carbocycles. The number of hydrogen-bond donors (Lipinski definition) is 1. The minimum Gasteiger partial charge on any atom is -0.342 e. The molecule has 1 saturated heterocycles. The lowest BCUT2D eigenvalue weighted by atomic mass is 9.90. The number of sulfonamides is 1. The molecule has 33 heavy (non-hydrogen) atoms.